The number of ether oxygens (including phenoxy) is 1. The molecule has 2 aromatic carbocycles. The van der Waals surface area contributed by atoms with E-state index in [1.807, 2.05) is 0 Å². The normalized spacial score (nSPS) is 19.7. The maximum absolute atomic E-state index is 13.6. The highest BCUT2D eigenvalue weighted by Crippen LogP contribution is 2.32. The molecule has 2 aliphatic heterocycles. The van der Waals surface area contributed by atoms with Crippen LogP contribution in [0.25, 0.3) is 0 Å². The monoisotopic (exact) mass is 449 g/mol. The Labute approximate surface area is 179 Å². The highest BCUT2D eigenvalue weighted by atomic mass is 35.5. The van der Waals surface area contributed by atoms with Gasteiger partial charge in [0.05, 0.1) is 17.8 Å². The molecule has 0 aromatic heterocycles. The molecule has 2 unspecified atom stereocenters. The summed E-state index contributed by atoms with van der Waals surface area (Å²) < 4.78 is 31.8. The fourth-order valence-electron chi connectivity index (χ4n) is 3.32. The van der Waals surface area contributed by atoms with E-state index >= 15 is 0 Å². The Morgan fingerprint density at radius 2 is 1.94 bits per heavy atom. The van der Waals surface area contributed by atoms with Gasteiger partial charge in [0.25, 0.3) is 11.8 Å². The minimum absolute atomic E-state index is 0.129. The average Bonchev–Trinajstić information content (AvgIpc) is 3.24. The summed E-state index contributed by atoms with van der Waals surface area (Å²) >= 11 is 6.03. The van der Waals surface area contributed by atoms with Gasteiger partial charge in [-0.15, -0.1) is 0 Å². The van der Waals surface area contributed by atoms with Crippen LogP contribution in [-0.2, 0) is 14.4 Å². The van der Waals surface area contributed by atoms with Crippen LogP contribution in [0.15, 0.2) is 46.7 Å². The number of benzene rings is 2. The standard InChI is InChI=1S/C19H14ClF2N5O4/c1-31-14-5-2-9(6-11(14)20)23-15(28)8-26-17-16(24-25-26)18(29)27(19(17)30)10-3-4-12(21)13(22)7-10/h2-7,16-17H,8H2,1H3,(H,23,28). The van der Waals surface area contributed by atoms with Crippen LogP contribution >= 0.6 is 11.6 Å². The van der Waals surface area contributed by atoms with Crippen molar-refractivity contribution in [1.82, 2.24) is 5.01 Å². The topological polar surface area (TPSA) is 104 Å². The van der Waals surface area contributed by atoms with Gasteiger partial charge < -0.3 is 10.1 Å². The molecule has 2 aromatic rings. The zero-order chi connectivity index (χ0) is 22.3. The first-order valence-electron chi connectivity index (χ1n) is 8.94. The van der Waals surface area contributed by atoms with E-state index in [0.717, 1.165) is 23.2 Å². The number of anilines is 2. The Hall–Kier alpha value is -3.60. The second-order valence-electron chi connectivity index (χ2n) is 6.70. The number of methoxy groups -OCH3 is 1. The van der Waals surface area contributed by atoms with Gasteiger partial charge in [0.1, 0.15) is 12.3 Å². The maximum Gasteiger partial charge on any atom is 0.263 e. The summed E-state index contributed by atoms with van der Waals surface area (Å²) in [4.78, 5) is 38.5. The van der Waals surface area contributed by atoms with Crippen molar-refractivity contribution in [2.45, 2.75) is 12.1 Å². The minimum Gasteiger partial charge on any atom is -0.495 e. The lowest BCUT2D eigenvalue weighted by Crippen LogP contribution is -2.43. The second kappa shape index (κ2) is 7.91. The Morgan fingerprint density at radius 3 is 2.61 bits per heavy atom. The van der Waals surface area contributed by atoms with Gasteiger partial charge in [-0.05, 0) is 30.3 Å². The van der Waals surface area contributed by atoms with Gasteiger partial charge >= 0.3 is 0 Å². The number of rotatable bonds is 5. The SMILES string of the molecule is COc1ccc(NC(=O)CN2N=NC3C(=O)N(c4ccc(F)c(F)c4)C(=O)C32)cc1Cl. The second-order valence-corrected chi connectivity index (χ2v) is 7.11. The third kappa shape index (κ3) is 3.67. The molecule has 3 amide bonds. The first-order valence-corrected chi connectivity index (χ1v) is 9.31. The molecule has 0 spiro atoms. The third-order valence-electron chi connectivity index (χ3n) is 4.76. The lowest BCUT2D eigenvalue weighted by molar-refractivity contribution is -0.123. The van der Waals surface area contributed by atoms with Crippen LogP contribution in [-0.4, -0.2) is 48.5 Å². The van der Waals surface area contributed by atoms with E-state index in [4.69, 9.17) is 16.3 Å². The van der Waals surface area contributed by atoms with Crippen molar-refractivity contribution in [1.29, 1.82) is 0 Å². The fraction of sp³-hybridized carbons (Fsp3) is 0.211. The number of halogens is 3. The highest BCUT2D eigenvalue weighted by molar-refractivity contribution is 6.32. The summed E-state index contributed by atoms with van der Waals surface area (Å²) in [5.41, 5.74) is 0.261. The number of hydrogen-bond donors (Lipinski definition) is 1. The molecule has 1 saturated heterocycles. The predicted octanol–water partition coefficient (Wildman–Crippen LogP) is 2.56. The van der Waals surface area contributed by atoms with E-state index in [-0.39, 0.29) is 12.2 Å². The van der Waals surface area contributed by atoms with E-state index in [1.165, 1.54) is 13.2 Å². The Morgan fingerprint density at radius 1 is 1.16 bits per heavy atom. The smallest absolute Gasteiger partial charge is 0.263 e. The molecule has 0 radical (unpaired) electrons. The number of carbonyl (C=O) groups is 3. The van der Waals surface area contributed by atoms with Crippen LogP contribution in [0.4, 0.5) is 20.2 Å². The Bertz CT molecular complexity index is 1130. The average molecular weight is 450 g/mol. The largest absolute Gasteiger partial charge is 0.495 e. The van der Waals surface area contributed by atoms with Gasteiger partial charge in [-0.2, -0.15) is 5.11 Å². The van der Waals surface area contributed by atoms with E-state index in [9.17, 15) is 23.2 Å². The molecular weight excluding hydrogens is 436 g/mol. The first-order chi connectivity index (χ1) is 14.8. The van der Waals surface area contributed by atoms with Crippen LogP contribution in [0.2, 0.25) is 5.02 Å². The van der Waals surface area contributed by atoms with Gasteiger partial charge in [-0.1, -0.05) is 16.8 Å². The minimum atomic E-state index is -1.20. The zero-order valence-electron chi connectivity index (χ0n) is 15.9. The molecule has 12 heteroatoms. The number of nitrogens with zero attached hydrogens (tertiary/aromatic N) is 4. The van der Waals surface area contributed by atoms with E-state index < -0.39 is 41.4 Å². The summed E-state index contributed by atoms with van der Waals surface area (Å²) in [6.45, 7) is -0.376. The van der Waals surface area contributed by atoms with Crippen molar-refractivity contribution in [3.05, 3.63) is 53.1 Å². The lowest BCUT2D eigenvalue weighted by atomic mass is 10.1. The molecule has 4 rings (SSSR count). The molecule has 31 heavy (non-hydrogen) atoms. The quantitative estimate of drug-likeness (QED) is 0.706. The fourth-order valence-corrected chi connectivity index (χ4v) is 3.58. The molecule has 2 atom stereocenters. The first kappa shape index (κ1) is 20.7. The molecule has 1 N–H and O–H groups in total. The van der Waals surface area contributed by atoms with Crippen LogP contribution in [0.1, 0.15) is 0 Å². The van der Waals surface area contributed by atoms with Crippen LogP contribution in [0.5, 0.6) is 5.75 Å². The molecule has 160 valence electrons. The van der Waals surface area contributed by atoms with Crippen LogP contribution in [0, 0.1) is 11.6 Å². The lowest BCUT2D eigenvalue weighted by Gasteiger charge is -2.20. The molecule has 2 aliphatic rings. The van der Waals surface area contributed by atoms with Gasteiger partial charge in [-0.25, -0.2) is 13.7 Å². The molecular formula is C19H14ClF2N5O4. The van der Waals surface area contributed by atoms with E-state index in [0.29, 0.717) is 21.4 Å². The summed E-state index contributed by atoms with van der Waals surface area (Å²) in [7, 11) is 1.46. The summed E-state index contributed by atoms with van der Waals surface area (Å²) in [6.07, 6.45) is 0. The number of fused-ring (bicyclic) bond motifs is 1. The van der Waals surface area contributed by atoms with Crippen molar-refractivity contribution in [3.63, 3.8) is 0 Å². The number of imide groups is 1. The molecule has 2 heterocycles. The number of nitrogens with one attached hydrogen (secondary N) is 1. The van der Waals surface area contributed by atoms with E-state index in [1.54, 1.807) is 12.1 Å². The van der Waals surface area contributed by atoms with E-state index in [2.05, 4.69) is 15.7 Å². The van der Waals surface area contributed by atoms with Gasteiger partial charge in [0.2, 0.25) is 5.91 Å². The highest BCUT2D eigenvalue weighted by Gasteiger charge is 2.55. The van der Waals surface area contributed by atoms with Crippen molar-refractivity contribution in [3.8, 4) is 5.75 Å². The van der Waals surface area contributed by atoms with Crippen molar-refractivity contribution in [2.75, 3.05) is 23.9 Å². The molecule has 9 nitrogen and oxygen atoms in total. The molecule has 1 fully saturated rings. The van der Waals surface area contributed by atoms with Crippen molar-refractivity contribution in [2.24, 2.45) is 10.3 Å². The Kier molecular flexibility index (Phi) is 5.27. The number of carbonyl (C=O) groups excluding carboxylic acids is 3. The van der Waals surface area contributed by atoms with Crippen molar-refractivity contribution < 1.29 is 27.9 Å². The summed E-state index contributed by atoms with van der Waals surface area (Å²) in [5.74, 6) is -3.90. The molecule has 0 aliphatic carbocycles. The molecule has 0 bridgehead atoms. The summed E-state index contributed by atoms with van der Waals surface area (Å²) in [5, 5.41) is 11.5. The van der Waals surface area contributed by atoms with Crippen LogP contribution < -0.4 is 15.0 Å². The number of amides is 3. The maximum atomic E-state index is 13.6. The third-order valence-corrected chi connectivity index (χ3v) is 5.06. The van der Waals surface area contributed by atoms with Gasteiger partial charge in [0.15, 0.2) is 23.7 Å². The van der Waals surface area contributed by atoms with Gasteiger partial charge in [0, 0.05) is 11.8 Å². The van der Waals surface area contributed by atoms with Gasteiger partial charge in [-0.3, -0.25) is 19.4 Å². The van der Waals surface area contributed by atoms with Crippen LogP contribution in [0.3, 0.4) is 0 Å². The number of hydrogen-bond acceptors (Lipinski definition) is 7. The zero-order valence-corrected chi connectivity index (χ0v) is 16.6. The summed E-state index contributed by atoms with van der Waals surface area (Å²) in [6, 6.07) is 4.96. The Balaban J connectivity index is 1.48. The van der Waals surface area contributed by atoms with Crippen molar-refractivity contribution >= 4 is 40.7 Å². The predicted molar refractivity (Wildman–Crippen MR) is 105 cm³/mol. The molecule has 0 saturated carbocycles.